The Morgan fingerprint density at radius 3 is 2.64 bits per heavy atom. The molecule has 3 heterocycles. The van der Waals surface area contributed by atoms with Gasteiger partial charge in [0.15, 0.2) is 10.8 Å². The third-order valence-electron chi connectivity index (χ3n) is 4.84. The molecule has 0 unspecified atom stereocenters. The molecule has 0 saturated heterocycles. The molecule has 6 nitrogen and oxygen atoms in total. The van der Waals surface area contributed by atoms with Crippen LogP contribution in [0, 0.1) is 27.7 Å². The Labute approximate surface area is 167 Å². The fourth-order valence-corrected chi connectivity index (χ4v) is 4.23. The van der Waals surface area contributed by atoms with E-state index in [4.69, 9.17) is 0 Å². The summed E-state index contributed by atoms with van der Waals surface area (Å²) in [6.45, 7) is 8.54. The first kappa shape index (κ1) is 18.3. The molecular formula is C21H21N5OS. The van der Waals surface area contributed by atoms with Crippen LogP contribution in [0.3, 0.4) is 0 Å². The number of fused-ring (bicyclic) bond motifs is 1. The average Bonchev–Trinajstić information content (AvgIpc) is 3.21. The lowest BCUT2D eigenvalue weighted by molar-refractivity contribution is 0.0954. The first-order valence-electron chi connectivity index (χ1n) is 9.05. The number of aromatic nitrogens is 4. The number of hydrogen-bond acceptors (Lipinski definition) is 5. The minimum Gasteiger partial charge on any atom is -0.358 e. The lowest BCUT2D eigenvalue weighted by Gasteiger charge is -2.08. The van der Waals surface area contributed by atoms with Crippen molar-refractivity contribution in [1.29, 1.82) is 0 Å². The molecule has 0 atom stereocenters. The molecule has 0 aliphatic heterocycles. The number of benzene rings is 1. The molecule has 0 saturated carbocycles. The van der Waals surface area contributed by atoms with Crippen LogP contribution < -0.4 is 5.32 Å². The van der Waals surface area contributed by atoms with Gasteiger partial charge in [-0.05, 0) is 51.0 Å². The Hall–Kier alpha value is -3.06. The summed E-state index contributed by atoms with van der Waals surface area (Å²) in [6.07, 6.45) is 3.34. The topological polar surface area (TPSA) is 83.6 Å². The smallest absolute Gasteiger partial charge is 0.263 e. The number of carbonyl (C=O) groups excluding carboxylic acids is 1. The Morgan fingerprint density at radius 2 is 1.89 bits per heavy atom. The number of rotatable bonds is 4. The molecule has 0 aliphatic rings. The summed E-state index contributed by atoms with van der Waals surface area (Å²) in [5, 5.41) is 4.90. The predicted octanol–water partition coefficient (Wildman–Crippen LogP) is 4.25. The molecular weight excluding hydrogens is 370 g/mol. The lowest BCUT2D eigenvalue weighted by Crippen LogP contribution is -2.22. The maximum atomic E-state index is 12.8. The van der Waals surface area contributed by atoms with Gasteiger partial charge < -0.3 is 10.3 Å². The molecule has 0 bridgehead atoms. The molecule has 2 N–H and O–H groups in total. The van der Waals surface area contributed by atoms with Crippen molar-refractivity contribution in [2.75, 3.05) is 0 Å². The molecule has 4 aromatic rings. The van der Waals surface area contributed by atoms with E-state index in [0.29, 0.717) is 27.9 Å². The predicted molar refractivity (Wildman–Crippen MR) is 112 cm³/mol. The average molecular weight is 392 g/mol. The van der Waals surface area contributed by atoms with Gasteiger partial charge in [0, 0.05) is 30.0 Å². The van der Waals surface area contributed by atoms with Crippen LogP contribution in [-0.2, 0) is 6.54 Å². The number of thiazole rings is 1. The van der Waals surface area contributed by atoms with E-state index in [1.165, 1.54) is 27.8 Å². The summed E-state index contributed by atoms with van der Waals surface area (Å²) in [4.78, 5) is 29.7. The molecule has 0 aliphatic carbocycles. The van der Waals surface area contributed by atoms with Crippen molar-refractivity contribution in [2.45, 2.75) is 34.2 Å². The molecule has 4 rings (SSSR count). The van der Waals surface area contributed by atoms with Crippen LogP contribution in [0.2, 0.25) is 0 Å². The summed E-state index contributed by atoms with van der Waals surface area (Å²) >= 11 is 1.31. The van der Waals surface area contributed by atoms with E-state index < -0.39 is 0 Å². The highest BCUT2D eigenvalue weighted by Gasteiger charge is 2.18. The second-order valence-corrected chi connectivity index (χ2v) is 7.91. The zero-order valence-electron chi connectivity index (χ0n) is 16.3. The highest BCUT2D eigenvalue weighted by atomic mass is 32.1. The van der Waals surface area contributed by atoms with Crippen LogP contribution >= 0.6 is 11.3 Å². The zero-order valence-corrected chi connectivity index (χ0v) is 17.1. The fourth-order valence-electron chi connectivity index (χ4n) is 3.30. The van der Waals surface area contributed by atoms with Crippen molar-refractivity contribution in [1.82, 2.24) is 25.3 Å². The third-order valence-corrected chi connectivity index (χ3v) is 5.99. The summed E-state index contributed by atoms with van der Waals surface area (Å²) in [5.74, 6) is 0.402. The standard InChI is InChI=1S/C21H21N5OS/c1-11-8-15(17-16(9-11)12(2)13(3)25-17)10-24-20(27)18-14(4)26-21(28-18)19-22-6-5-7-23-19/h5-9,25H,10H2,1-4H3,(H,24,27). The molecule has 1 amide bonds. The maximum Gasteiger partial charge on any atom is 0.263 e. The molecule has 0 spiro atoms. The number of nitrogens with one attached hydrogen (secondary N) is 2. The van der Waals surface area contributed by atoms with Gasteiger partial charge in [-0.2, -0.15) is 0 Å². The highest BCUT2D eigenvalue weighted by Crippen LogP contribution is 2.27. The molecule has 142 valence electrons. The minimum absolute atomic E-state index is 0.133. The van der Waals surface area contributed by atoms with E-state index >= 15 is 0 Å². The Balaban J connectivity index is 1.58. The first-order valence-corrected chi connectivity index (χ1v) is 9.87. The molecule has 3 aromatic heterocycles. The van der Waals surface area contributed by atoms with Crippen molar-refractivity contribution in [3.63, 3.8) is 0 Å². The van der Waals surface area contributed by atoms with Crippen molar-refractivity contribution >= 4 is 28.1 Å². The summed E-state index contributed by atoms with van der Waals surface area (Å²) < 4.78 is 0. The first-order chi connectivity index (χ1) is 13.4. The summed E-state index contributed by atoms with van der Waals surface area (Å²) in [6, 6.07) is 6.05. The molecule has 0 radical (unpaired) electrons. The van der Waals surface area contributed by atoms with Gasteiger partial charge in [0.1, 0.15) is 4.88 Å². The van der Waals surface area contributed by atoms with Crippen LogP contribution in [0.25, 0.3) is 21.7 Å². The van der Waals surface area contributed by atoms with Crippen molar-refractivity contribution in [2.24, 2.45) is 0 Å². The van der Waals surface area contributed by atoms with Gasteiger partial charge in [-0.15, -0.1) is 11.3 Å². The Bertz CT molecular complexity index is 1180. The van der Waals surface area contributed by atoms with Crippen LogP contribution in [0.4, 0.5) is 0 Å². The fraction of sp³-hybridized carbons (Fsp3) is 0.238. The van der Waals surface area contributed by atoms with Crippen molar-refractivity contribution in [3.05, 3.63) is 63.5 Å². The number of aromatic amines is 1. The van der Waals surface area contributed by atoms with E-state index in [0.717, 1.165) is 16.8 Å². The monoisotopic (exact) mass is 391 g/mol. The third kappa shape index (κ3) is 3.29. The molecule has 28 heavy (non-hydrogen) atoms. The second kappa shape index (κ2) is 7.16. The SMILES string of the molecule is Cc1cc(CNC(=O)c2sc(-c3ncccn3)nc2C)c2[nH]c(C)c(C)c2c1. The normalized spacial score (nSPS) is 11.1. The number of amides is 1. The van der Waals surface area contributed by atoms with Gasteiger partial charge in [-0.1, -0.05) is 11.6 Å². The number of hydrogen-bond donors (Lipinski definition) is 2. The largest absolute Gasteiger partial charge is 0.358 e. The van der Waals surface area contributed by atoms with Gasteiger partial charge in [0.25, 0.3) is 5.91 Å². The van der Waals surface area contributed by atoms with Gasteiger partial charge in [-0.3, -0.25) is 4.79 Å². The van der Waals surface area contributed by atoms with Crippen LogP contribution in [0.15, 0.2) is 30.6 Å². The zero-order chi connectivity index (χ0) is 19.8. The number of H-pyrrole nitrogens is 1. The van der Waals surface area contributed by atoms with Crippen LogP contribution in [0.1, 0.15) is 37.7 Å². The van der Waals surface area contributed by atoms with E-state index in [1.807, 2.05) is 6.92 Å². The highest BCUT2D eigenvalue weighted by molar-refractivity contribution is 7.17. The number of aryl methyl sites for hydroxylation is 4. The maximum absolute atomic E-state index is 12.8. The lowest BCUT2D eigenvalue weighted by atomic mass is 10.0. The summed E-state index contributed by atoms with van der Waals surface area (Å²) in [7, 11) is 0. The molecule has 7 heteroatoms. The van der Waals surface area contributed by atoms with E-state index in [9.17, 15) is 4.79 Å². The van der Waals surface area contributed by atoms with Gasteiger partial charge in [0.05, 0.1) is 11.2 Å². The minimum atomic E-state index is -0.133. The van der Waals surface area contributed by atoms with E-state index in [-0.39, 0.29) is 5.91 Å². The van der Waals surface area contributed by atoms with Crippen LogP contribution in [0.5, 0.6) is 0 Å². The Kier molecular flexibility index (Phi) is 4.68. The molecule has 1 aromatic carbocycles. The quantitative estimate of drug-likeness (QED) is 0.545. The van der Waals surface area contributed by atoms with Crippen LogP contribution in [-0.4, -0.2) is 25.8 Å². The number of nitrogens with zero attached hydrogens (tertiary/aromatic N) is 3. The van der Waals surface area contributed by atoms with E-state index in [2.05, 4.69) is 58.2 Å². The van der Waals surface area contributed by atoms with Crippen molar-refractivity contribution in [3.8, 4) is 10.8 Å². The van der Waals surface area contributed by atoms with E-state index in [1.54, 1.807) is 18.5 Å². The second-order valence-electron chi connectivity index (χ2n) is 6.91. The Morgan fingerprint density at radius 1 is 1.14 bits per heavy atom. The number of carbonyl (C=O) groups is 1. The van der Waals surface area contributed by atoms with Gasteiger partial charge in [-0.25, -0.2) is 15.0 Å². The molecule has 0 fully saturated rings. The summed E-state index contributed by atoms with van der Waals surface area (Å²) in [5.41, 5.74) is 6.42. The van der Waals surface area contributed by atoms with Crippen molar-refractivity contribution < 1.29 is 4.79 Å². The van der Waals surface area contributed by atoms with Gasteiger partial charge in [0.2, 0.25) is 0 Å². The van der Waals surface area contributed by atoms with Gasteiger partial charge >= 0.3 is 0 Å².